The van der Waals surface area contributed by atoms with Crippen molar-refractivity contribution in [2.45, 2.75) is 49.7 Å². The fourth-order valence-corrected chi connectivity index (χ4v) is 7.70. The van der Waals surface area contributed by atoms with Crippen LogP contribution in [0.1, 0.15) is 49.9 Å². The molecule has 0 N–H and O–H groups in total. The van der Waals surface area contributed by atoms with Gasteiger partial charge >= 0.3 is 0 Å². The van der Waals surface area contributed by atoms with Gasteiger partial charge in [-0.1, -0.05) is 13.8 Å². The second-order valence-corrected chi connectivity index (χ2v) is 12.6. The van der Waals surface area contributed by atoms with E-state index < -0.39 is 19.9 Å². The molecule has 0 unspecified atom stereocenters. The third-order valence-corrected chi connectivity index (χ3v) is 10.1. The van der Waals surface area contributed by atoms with Crippen LogP contribution in [-0.4, -0.2) is 69.1 Å². The van der Waals surface area contributed by atoms with Crippen molar-refractivity contribution in [3.8, 4) is 0 Å². The molecule has 0 bridgehead atoms. The number of piperidine rings is 1. The van der Waals surface area contributed by atoms with Gasteiger partial charge < -0.3 is 4.90 Å². The van der Waals surface area contributed by atoms with E-state index in [1.54, 1.807) is 17.0 Å². The highest BCUT2D eigenvalue weighted by molar-refractivity contribution is 7.92. The summed E-state index contributed by atoms with van der Waals surface area (Å²) in [5.41, 5.74) is 0.425. The SMILES string of the molecule is CC(C)CS(=O)(=O)C1CCN(C(=O)c2ccc(S(=O)(=O)N3CCCC3)cc2)CC1. The summed E-state index contributed by atoms with van der Waals surface area (Å²) in [6.07, 6.45) is 2.64. The van der Waals surface area contributed by atoms with E-state index in [0.717, 1.165) is 12.8 Å². The van der Waals surface area contributed by atoms with Crippen molar-refractivity contribution in [2.75, 3.05) is 31.9 Å². The maximum atomic E-state index is 12.8. The number of sulfone groups is 1. The predicted molar refractivity (Wildman–Crippen MR) is 112 cm³/mol. The molecular formula is C20H30N2O5S2. The summed E-state index contributed by atoms with van der Waals surface area (Å²) in [6, 6.07) is 6.07. The van der Waals surface area contributed by atoms with E-state index in [4.69, 9.17) is 0 Å². The largest absolute Gasteiger partial charge is 0.339 e. The van der Waals surface area contributed by atoms with Crippen LogP contribution in [0.25, 0.3) is 0 Å². The number of carbonyl (C=O) groups excluding carboxylic acids is 1. The zero-order chi connectivity index (χ0) is 21.2. The number of rotatable bonds is 6. The van der Waals surface area contributed by atoms with Gasteiger partial charge in [-0.3, -0.25) is 4.79 Å². The molecule has 0 aliphatic carbocycles. The van der Waals surface area contributed by atoms with Gasteiger partial charge in [0.25, 0.3) is 5.91 Å². The van der Waals surface area contributed by atoms with Crippen LogP contribution in [0, 0.1) is 5.92 Å². The minimum atomic E-state index is -3.50. The van der Waals surface area contributed by atoms with E-state index >= 15 is 0 Å². The number of sulfonamides is 1. The molecule has 0 spiro atoms. The minimum Gasteiger partial charge on any atom is -0.339 e. The first-order valence-corrected chi connectivity index (χ1v) is 13.4. The quantitative estimate of drug-likeness (QED) is 0.673. The smallest absolute Gasteiger partial charge is 0.253 e. The van der Waals surface area contributed by atoms with Gasteiger partial charge in [0.15, 0.2) is 9.84 Å². The molecule has 2 fully saturated rings. The Kier molecular flexibility index (Phi) is 6.70. The maximum Gasteiger partial charge on any atom is 0.253 e. The minimum absolute atomic E-state index is 0.0926. The molecular weight excluding hydrogens is 412 g/mol. The molecule has 7 nitrogen and oxygen atoms in total. The third kappa shape index (κ3) is 5.00. The Hall–Kier alpha value is -1.45. The summed E-state index contributed by atoms with van der Waals surface area (Å²) in [6.45, 7) is 5.66. The van der Waals surface area contributed by atoms with Gasteiger partial charge in [0.2, 0.25) is 10.0 Å². The molecule has 1 amide bonds. The number of amides is 1. The van der Waals surface area contributed by atoms with Gasteiger partial charge in [-0.25, -0.2) is 16.8 Å². The zero-order valence-electron chi connectivity index (χ0n) is 17.1. The van der Waals surface area contributed by atoms with Crippen molar-refractivity contribution in [2.24, 2.45) is 5.92 Å². The van der Waals surface area contributed by atoms with E-state index in [0.29, 0.717) is 44.6 Å². The lowest BCUT2D eigenvalue weighted by Gasteiger charge is -2.32. The maximum absolute atomic E-state index is 12.8. The van der Waals surface area contributed by atoms with Crippen molar-refractivity contribution >= 4 is 25.8 Å². The van der Waals surface area contributed by atoms with Crippen LogP contribution in [-0.2, 0) is 19.9 Å². The van der Waals surface area contributed by atoms with E-state index in [-0.39, 0.29) is 27.7 Å². The van der Waals surface area contributed by atoms with Crippen LogP contribution in [0.3, 0.4) is 0 Å². The van der Waals surface area contributed by atoms with E-state index in [1.165, 1.54) is 16.4 Å². The molecule has 0 atom stereocenters. The van der Waals surface area contributed by atoms with Crippen molar-refractivity contribution in [1.29, 1.82) is 0 Å². The first-order valence-electron chi connectivity index (χ1n) is 10.2. The molecule has 9 heteroatoms. The summed E-state index contributed by atoms with van der Waals surface area (Å²) in [4.78, 5) is 14.6. The number of hydrogen-bond donors (Lipinski definition) is 0. The number of likely N-dealkylation sites (tertiary alicyclic amines) is 1. The molecule has 2 heterocycles. The average Bonchev–Trinajstić information content (AvgIpc) is 3.22. The number of benzene rings is 1. The fraction of sp³-hybridized carbons (Fsp3) is 0.650. The summed E-state index contributed by atoms with van der Waals surface area (Å²) < 4.78 is 51.5. The van der Waals surface area contributed by atoms with Crippen molar-refractivity contribution in [3.63, 3.8) is 0 Å². The van der Waals surface area contributed by atoms with E-state index in [9.17, 15) is 21.6 Å². The molecule has 1 aromatic rings. The Morgan fingerprint density at radius 3 is 2.03 bits per heavy atom. The summed E-state index contributed by atoms with van der Waals surface area (Å²) in [5.74, 6) is 0.0864. The zero-order valence-corrected chi connectivity index (χ0v) is 18.7. The molecule has 29 heavy (non-hydrogen) atoms. The molecule has 0 saturated carbocycles. The molecule has 0 aromatic heterocycles. The van der Waals surface area contributed by atoms with Gasteiger partial charge in [-0.05, 0) is 55.9 Å². The topological polar surface area (TPSA) is 91.8 Å². The van der Waals surface area contributed by atoms with Gasteiger partial charge in [0, 0.05) is 31.7 Å². The Balaban J connectivity index is 1.63. The first-order chi connectivity index (χ1) is 13.6. The number of nitrogens with zero attached hydrogens (tertiary/aromatic N) is 2. The van der Waals surface area contributed by atoms with Gasteiger partial charge in [0.1, 0.15) is 0 Å². The van der Waals surface area contributed by atoms with Crippen LogP contribution in [0.15, 0.2) is 29.2 Å². The van der Waals surface area contributed by atoms with Crippen molar-refractivity contribution < 1.29 is 21.6 Å². The predicted octanol–water partition coefficient (Wildman–Crippen LogP) is 2.15. The van der Waals surface area contributed by atoms with Crippen LogP contribution >= 0.6 is 0 Å². The molecule has 2 aliphatic rings. The Labute approximate surface area is 174 Å². The van der Waals surface area contributed by atoms with Crippen molar-refractivity contribution in [3.05, 3.63) is 29.8 Å². The number of carbonyl (C=O) groups is 1. The molecule has 2 aliphatic heterocycles. The monoisotopic (exact) mass is 442 g/mol. The lowest BCUT2D eigenvalue weighted by molar-refractivity contribution is 0.0725. The third-order valence-electron chi connectivity index (χ3n) is 5.61. The van der Waals surface area contributed by atoms with Gasteiger partial charge in [0.05, 0.1) is 15.9 Å². The Morgan fingerprint density at radius 2 is 1.52 bits per heavy atom. The first kappa shape index (κ1) is 22.2. The normalized spacial score (nSPS) is 19.8. The van der Waals surface area contributed by atoms with Gasteiger partial charge in [-0.2, -0.15) is 4.31 Å². The molecule has 3 rings (SSSR count). The standard InChI is InChI=1S/C20H30N2O5S2/c1-16(2)15-28(24,25)18-9-13-21(14-10-18)20(23)17-5-7-19(8-6-17)29(26,27)22-11-3-4-12-22/h5-8,16,18H,3-4,9-15H2,1-2H3. The average molecular weight is 443 g/mol. The number of hydrogen-bond acceptors (Lipinski definition) is 5. The lowest BCUT2D eigenvalue weighted by Crippen LogP contribution is -2.43. The molecule has 2 saturated heterocycles. The Morgan fingerprint density at radius 1 is 0.966 bits per heavy atom. The van der Waals surface area contributed by atoms with Crippen LogP contribution in [0.5, 0.6) is 0 Å². The second-order valence-electron chi connectivity index (χ2n) is 8.35. The van der Waals surface area contributed by atoms with Gasteiger partial charge in [-0.15, -0.1) is 0 Å². The second kappa shape index (κ2) is 8.73. The molecule has 1 aromatic carbocycles. The highest BCUT2D eigenvalue weighted by Gasteiger charge is 2.32. The lowest BCUT2D eigenvalue weighted by atomic mass is 10.1. The summed E-state index contributed by atoms with van der Waals surface area (Å²) in [7, 11) is -6.63. The highest BCUT2D eigenvalue weighted by atomic mass is 32.2. The van der Waals surface area contributed by atoms with Crippen LogP contribution in [0.4, 0.5) is 0 Å². The molecule has 162 valence electrons. The van der Waals surface area contributed by atoms with Crippen molar-refractivity contribution in [1.82, 2.24) is 9.21 Å². The van der Waals surface area contributed by atoms with Crippen LogP contribution in [0.2, 0.25) is 0 Å². The van der Waals surface area contributed by atoms with E-state index in [1.807, 2.05) is 13.8 Å². The van der Waals surface area contributed by atoms with E-state index in [2.05, 4.69) is 0 Å². The Bertz CT molecular complexity index is 926. The fourth-order valence-electron chi connectivity index (χ4n) is 4.05. The molecule has 0 radical (unpaired) electrons. The van der Waals surface area contributed by atoms with Crippen LogP contribution < -0.4 is 0 Å². The highest BCUT2D eigenvalue weighted by Crippen LogP contribution is 2.24. The summed E-state index contributed by atoms with van der Waals surface area (Å²) >= 11 is 0. The summed E-state index contributed by atoms with van der Waals surface area (Å²) in [5, 5.41) is -0.387.